The third-order valence-corrected chi connectivity index (χ3v) is 4.39. The van der Waals surface area contributed by atoms with Gasteiger partial charge in [-0.05, 0) is 62.1 Å². The highest BCUT2D eigenvalue weighted by molar-refractivity contribution is 9.10. The van der Waals surface area contributed by atoms with Gasteiger partial charge in [0.15, 0.2) is 0 Å². The second kappa shape index (κ2) is 6.20. The summed E-state index contributed by atoms with van der Waals surface area (Å²) < 4.78 is 7.15. The topological polar surface area (TPSA) is 21.3 Å². The molecule has 1 aliphatic carbocycles. The minimum absolute atomic E-state index is 0.697. The number of aryl methyl sites for hydroxylation is 2. The van der Waals surface area contributed by atoms with Gasteiger partial charge in [0, 0.05) is 22.6 Å². The van der Waals surface area contributed by atoms with Crippen LogP contribution in [0.15, 0.2) is 40.9 Å². The van der Waals surface area contributed by atoms with Crippen molar-refractivity contribution >= 4 is 15.9 Å². The molecule has 2 nitrogen and oxygen atoms in total. The van der Waals surface area contributed by atoms with Gasteiger partial charge in [0.2, 0.25) is 0 Å². The number of rotatable bonds is 5. The molecule has 0 bridgehead atoms. The summed E-state index contributed by atoms with van der Waals surface area (Å²) in [5.74, 6) is 1.81. The molecule has 0 amide bonds. The lowest BCUT2D eigenvalue weighted by Crippen LogP contribution is -2.15. The molecular weight excluding hydrogens is 326 g/mol. The average Bonchev–Trinajstić information content (AvgIpc) is 3.26. The highest BCUT2D eigenvalue weighted by Gasteiger charge is 2.20. The molecule has 0 spiro atoms. The first-order valence-corrected chi connectivity index (χ1v) is 8.18. The minimum Gasteiger partial charge on any atom is -0.457 e. The highest BCUT2D eigenvalue weighted by atomic mass is 79.9. The van der Waals surface area contributed by atoms with Gasteiger partial charge < -0.3 is 10.1 Å². The Kier molecular flexibility index (Phi) is 4.32. The smallest absolute Gasteiger partial charge is 0.133 e. The van der Waals surface area contributed by atoms with Crippen LogP contribution < -0.4 is 10.1 Å². The lowest BCUT2D eigenvalue weighted by Gasteiger charge is -2.13. The predicted octanol–water partition coefficient (Wildman–Crippen LogP) is 5.11. The Bertz CT molecular complexity index is 650. The summed E-state index contributed by atoms with van der Waals surface area (Å²) in [6.45, 7) is 5.08. The van der Waals surface area contributed by atoms with E-state index in [1.807, 2.05) is 12.1 Å². The number of hydrogen-bond donors (Lipinski definition) is 1. The van der Waals surface area contributed by atoms with E-state index >= 15 is 0 Å². The SMILES string of the molecule is Cc1ccc(Oc2cc(Br)ccc2CNC2CC2)cc1C. The molecule has 0 heterocycles. The van der Waals surface area contributed by atoms with E-state index in [9.17, 15) is 0 Å². The Balaban J connectivity index is 1.81. The predicted molar refractivity (Wildman–Crippen MR) is 90.0 cm³/mol. The van der Waals surface area contributed by atoms with Crippen molar-refractivity contribution in [3.05, 3.63) is 57.6 Å². The van der Waals surface area contributed by atoms with Crippen molar-refractivity contribution in [1.82, 2.24) is 5.32 Å². The molecule has 1 fully saturated rings. The Morgan fingerprint density at radius 2 is 1.90 bits per heavy atom. The van der Waals surface area contributed by atoms with Gasteiger partial charge in [-0.2, -0.15) is 0 Å². The van der Waals surface area contributed by atoms with Crippen molar-refractivity contribution in [1.29, 1.82) is 0 Å². The van der Waals surface area contributed by atoms with Gasteiger partial charge in [0.05, 0.1) is 0 Å². The highest BCUT2D eigenvalue weighted by Crippen LogP contribution is 2.30. The van der Waals surface area contributed by atoms with E-state index in [1.165, 1.54) is 29.5 Å². The standard InChI is InChI=1S/C18H20BrNO/c1-12-3-8-17(9-13(12)2)21-18-10-15(19)5-4-14(18)11-20-16-6-7-16/h3-5,8-10,16,20H,6-7,11H2,1-2H3. The van der Waals surface area contributed by atoms with Crippen LogP contribution in [-0.4, -0.2) is 6.04 Å². The Morgan fingerprint density at radius 1 is 1.10 bits per heavy atom. The van der Waals surface area contributed by atoms with E-state index in [-0.39, 0.29) is 0 Å². The fourth-order valence-corrected chi connectivity index (χ4v) is 2.56. The molecule has 0 unspecified atom stereocenters. The molecule has 0 atom stereocenters. The molecule has 1 N–H and O–H groups in total. The van der Waals surface area contributed by atoms with Gasteiger partial charge in [-0.15, -0.1) is 0 Å². The third-order valence-electron chi connectivity index (χ3n) is 3.89. The maximum atomic E-state index is 6.11. The maximum absolute atomic E-state index is 6.11. The van der Waals surface area contributed by atoms with E-state index in [0.717, 1.165) is 22.5 Å². The maximum Gasteiger partial charge on any atom is 0.133 e. The first kappa shape index (κ1) is 14.6. The van der Waals surface area contributed by atoms with E-state index in [4.69, 9.17) is 4.74 Å². The summed E-state index contributed by atoms with van der Waals surface area (Å²) in [4.78, 5) is 0. The van der Waals surface area contributed by atoms with Crippen LogP contribution in [-0.2, 0) is 6.54 Å². The molecule has 2 aromatic carbocycles. The Morgan fingerprint density at radius 3 is 2.62 bits per heavy atom. The summed E-state index contributed by atoms with van der Waals surface area (Å²) >= 11 is 3.53. The summed E-state index contributed by atoms with van der Waals surface area (Å²) in [6, 6.07) is 13.1. The fourth-order valence-electron chi connectivity index (χ4n) is 2.22. The molecule has 0 aliphatic heterocycles. The molecule has 21 heavy (non-hydrogen) atoms. The van der Waals surface area contributed by atoms with Crippen molar-refractivity contribution in [3.8, 4) is 11.5 Å². The monoisotopic (exact) mass is 345 g/mol. The van der Waals surface area contributed by atoms with Crippen LogP contribution >= 0.6 is 15.9 Å². The van der Waals surface area contributed by atoms with Crippen LogP contribution in [0.4, 0.5) is 0 Å². The molecule has 0 saturated heterocycles. The van der Waals surface area contributed by atoms with Crippen molar-refractivity contribution < 1.29 is 4.74 Å². The zero-order chi connectivity index (χ0) is 14.8. The van der Waals surface area contributed by atoms with E-state index in [1.54, 1.807) is 0 Å². The molecule has 2 aromatic rings. The van der Waals surface area contributed by atoms with Crippen LogP contribution in [0.3, 0.4) is 0 Å². The molecule has 3 heteroatoms. The van der Waals surface area contributed by atoms with E-state index < -0.39 is 0 Å². The number of nitrogens with one attached hydrogen (secondary N) is 1. The first-order valence-electron chi connectivity index (χ1n) is 7.39. The summed E-state index contributed by atoms with van der Waals surface area (Å²) in [7, 11) is 0. The molecule has 1 saturated carbocycles. The van der Waals surface area contributed by atoms with E-state index in [0.29, 0.717) is 6.04 Å². The van der Waals surface area contributed by atoms with Crippen LogP contribution in [0.25, 0.3) is 0 Å². The molecule has 3 rings (SSSR count). The minimum atomic E-state index is 0.697. The fraction of sp³-hybridized carbons (Fsp3) is 0.333. The second-order valence-electron chi connectivity index (χ2n) is 5.76. The van der Waals surface area contributed by atoms with Crippen LogP contribution in [0.5, 0.6) is 11.5 Å². The number of hydrogen-bond acceptors (Lipinski definition) is 2. The zero-order valence-corrected chi connectivity index (χ0v) is 14.0. The van der Waals surface area contributed by atoms with Gasteiger partial charge in [0.1, 0.15) is 11.5 Å². The Labute approximate surface area is 134 Å². The molecule has 1 aliphatic rings. The second-order valence-corrected chi connectivity index (χ2v) is 6.67. The lowest BCUT2D eigenvalue weighted by molar-refractivity contribution is 0.471. The number of halogens is 1. The molecule has 0 radical (unpaired) electrons. The van der Waals surface area contributed by atoms with Gasteiger partial charge in [-0.1, -0.05) is 28.1 Å². The van der Waals surface area contributed by atoms with Gasteiger partial charge in [-0.3, -0.25) is 0 Å². The average molecular weight is 346 g/mol. The van der Waals surface area contributed by atoms with Crippen molar-refractivity contribution in [3.63, 3.8) is 0 Å². The molecule has 0 aromatic heterocycles. The normalized spacial score (nSPS) is 14.2. The number of ether oxygens (including phenoxy) is 1. The first-order chi connectivity index (χ1) is 10.1. The third kappa shape index (κ3) is 3.86. The summed E-state index contributed by atoms with van der Waals surface area (Å²) in [6.07, 6.45) is 2.59. The molecular formula is C18H20BrNO. The van der Waals surface area contributed by atoms with Gasteiger partial charge in [-0.25, -0.2) is 0 Å². The zero-order valence-electron chi connectivity index (χ0n) is 12.4. The van der Waals surface area contributed by atoms with Crippen LogP contribution in [0, 0.1) is 13.8 Å². The quantitative estimate of drug-likeness (QED) is 0.812. The van der Waals surface area contributed by atoms with Gasteiger partial charge in [0.25, 0.3) is 0 Å². The number of benzene rings is 2. The largest absolute Gasteiger partial charge is 0.457 e. The van der Waals surface area contributed by atoms with Crippen molar-refractivity contribution in [2.45, 2.75) is 39.3 Å². The van der Waals surface area contributed by atoms with Crippen molar-refractivity contribution in [2.24, 2.45) is 0 Å². The van der Waals surface area contributed by atoms with Crippen LogP contribution in [0.1, 0.15) is 29.5 Å². The summed E-state index contributed by atoms with van der Waals surface area (Å²) in [5, 5.41) is 3.54. The van der Waals surface area contributed by atoms with E-state index in [2.05, 4.69) is 59.4 Å². The molecule has 110 valence electrons. The van der Waals surface area contributed by atoms with Gasteiger partial charge >= 0.3 is 0 Å². The Hall–Kier alpha value is -1.32. The summed E-state index contributed by atoms with van der Waals surface area (Å²) in [5.41, 5.74) is 3.73. The lowest BCUT2D eigenvalue weighted by atomic mass is 10.1. The van der Waals surface area contributed by atoms with Crippen LogP contribution in [0.2, 0.25) is 0 Å². The van der Waals surface area contributed by atoms with Crippen molar-refractivity contribution in [2.75, 3.05) is 0 Å².